The molecule has 1 aliphatic heterocycles. The fraction of sp³-hybridized carbons (Fsp3) is 0.941. The highest BCUT2D eigenvalue weighted by Crippen LogP contribution is 2.29. The van der Waals surface area contributed by atoms with Gasteiger partial charge in [0, 0.05) is 6.54 Å². The van der Waals surface area contributed by atoms with Crippen molar-refractivity contribution >= 4 is 5.91 Å². The van der Waals surface area contributed by atoms with Gasteiger partial charge in [0.2, 0.25) is 5.91 Å². The van der Waals surface area contributed by atoms with Gasteiger partial charge in [0.1, 0.15) is 0 Å². The van der Waals surface area contributed by atoms with Crippen LogP contribution in [0.15, 0.2) is 0 Å². The van der Waals surface area contributed by atoms with Crippen molar-refractivity contribution < 1.29 is 4.79 Å². The van der Waals surface area contributed by atoms with Crippen molar-refractivity contribution in [2.75, 3.05) is 6.54 Å². The molecule has 2 fully saturated rings. The molecule has 116 valence electrons. The van der Waals surface area contributed by atoms with Crippen LogP contribution in [0.4, 0.5) is 0 Å². The molecule has 0 aromatic carbocycles. The summed E-state index contributed by atoms with van der Waals surface area (Å²) in [7, 11) is 0. The van der Waals surface area contributed by atoms with E-state index in [4.69, 9.17) is 0 Å². The number of carbonyl (C=O) groups excluding carboxylic acids is 1. The van der Waals surface area contributed by atoms with Gasteiger partial charge in [0.05, 0.1) is 12.2 Å². The van der Waals surface area contributed by atoms with Crippen LogP contribution in [0.2, 0.25) is 0 Å². The minimum absolute atomic E-state index is 0.0472. The zero-order chi connectivity index (χ0) is 14.7. The van der Waals surface area contributed by atoms with Crippen LogP contribution in [0, 0.1) is 17.8 Å². The van der Waals surface area contributed by atoms with Gasteiger partial charge < -0.3 is 4.90 Å². The Morgan fingerprint density at radius 3 is 2.40 bits per heavy atom. The number of rotatable bonds is 6. The van der Waals surface area contributed by atoms with Crippen molar-refractivity contribution in [1.82, 2.24) is 10.2 Å². The molecule has 1 aliphatic carbocycles. The Hall–Kier alpha value is -0.570. The maximum Gasteiger partial charge on any atom is 0.241 e. The van der Waals surface area contributed by atoms with Crippen LogP contribution in [0.3, 0.4) is 0 Å². The van der Waals surface area contributed by atoms with Crippen molar-refractivity contribution in [3.05, 3.63) is 0 Å². The van der Waals surface area contributed by atoms with E-state index < -0.39 is 0 Å². The second-order valence-corrected chi connectivity index (χ2v) is 7.51. The summed E-state index contributed by atoms with van der Waals surface area (Å²) in [6.07, 6.45) is 7.93. The van der Waals surface area contributed by atoms with Gasteiger partial charge in [0.25, 0.3) is 0 Å². The fourth-order valence-electron chi connectivity index (χ4n) is 3.77. The third-order valence-electron chi connectivity index (χ3n) is 4.88. The van der Waals surface area contributed by atoms with E-state index in [0.717, 1.165) is 18.9 Å². The Labute approximate surface area is 124 Å². The zero-order valence-electron chi connectivity index (χ0n) is 13.7. The molecule has 1 saturated carbocycles. The first kappa shape index (κ1) is 15.8. The van der Waals surface area contributed by atoms with Gasteiger partial charge in [-0.3, -0.25) is 10.1 Å². The van der Waals surface area contributed by atoms with Crippen LogP contribution < -0.4 is 5.32 Å². The van der Waals surface area contributed by atoms with Gasteiger partial charge in [-0.15, -0.1) is 0 Å². The first-order valence-corrected chi connectivity index (χ1v) is 8.55. The number of nitrogens with zero attached hydrogens (tertiary/aromatic N) is 1. The van der Waals surface area contributed by atoms with Crippen molar-refractivity contribution in [2.24, 2.45) is 17.8 Å². The highest BCUT2D eigenvalue weighted by atomic mass is 16.2. The minimum Gasteiger partial charge on any atom is -0.326 e. The molecule has 0 spiro atoms. The number of nitrogens with one attached hydrogen (secondary N) is 1. The average molecular weight is 280 g/mol. The van der Waals surface area contributed by atoms with Gasteiger partial charge in [-0.1, -0.05) is 53.4 Å². The summed E-state index contributed by atoms with van der Waals surface area (Å²) < 4.78 is 0. The molecule has 2 rings (SSSR count). The molecule has 2 unspecified atom stereocenters. The van der Waals surface area contributed by atoms with Gasteiger partial charge in [0.15, 0.2) is 0 Å². The van der Waals surface area contributed by atoms with Crippen LogP contribution in [-0.2, 0) is 4.79 Å². The average Bonchev–Trinajstić information content (AvgIpc) is 2.96. The smallest absolute Gasteiger partial charge is 0.241 e. The molecule has 1 heterocycles. The summed E-state index contributed by atoms with van der Waals surface area (Å²) >= 11 is 0. The van der Waals surface area contributed by atoms with Gasteiger partial charge >= 0.3 is 0 Å². The molecule has 1 saturated heterocycles. The lowest BCUT2D eigenvalue weighted by atomic mass is 10.0. The number of amides is 1. The molecule has 0 aromatic heterocycles. The van der Waals surface area contributed by atoms with Crippen molar-refractivity contribution in [1.29, 1.82) is 0 Å². The van der Waals surface area contributed by atoms with E-state index in [2.05, 4.69) is 37.9 Å². The summed E-state index contributed by atoms with van der Waals surface area (Å²) in [6.45, 7) is 9.77. The monoisotopic (exact) mass is 280 g/mol. The van der Waals surface area contributed by atoms with E-state index in [-0.39, 0.29) is 12.2 Å². The molecular weight excluding hydrogens is 248 g/mol. The van der Waals surface area contributed by atoms with E-state index >= 15 is 0 Å². The molecule has 3 nitrogen and oxygen atoms in total. The quantitative estimate of drug-likeness (QED) is 0.809. The third kappa shape index (κ3) is 3.75. The molecule has 2 aliphatic rings. The Kier molecular flexibility index (Phi) is 5.48. The molecule has 1 amide bonds. The summed E-state index contributed by atoms with van der Waals surface area (Å²) in [6, 6.07) is 0.0472. The van der Waals surface area contributed by atoms with Crippen LogP contribution in [-0.4, -0.2) is 29.6 Å². The Bertz CT molecular complexity index is 321. The summed E-state index contributed by atoms with van der Waals surface area (Å²) in [5, 5.41) is 3.57. The maximum atomic E-state index is 12.6. The van der Waals surface area contributed by atoms with Crippen LogP contribution in [0.1, 0.15) is 66.2 Å². The largest absolute Gasteiger partial charge is 0.326 e. The Balaban J connectivity index is 1.93. The SMILES string of the molecule is CC(C)CC1NC(C(C)C)N(CCC2CCCC2)C1=O. The molecule has 20 heavy (non-hydrogen) atoms. The first-order valence-electron chi connectivity index (χ1n) is 8.55. The van der Waals surface area contributed by atoms with Crippen molar-refractivity contribution in [3.8, 4) is 0 Å². The summed E-state index contributed by atoms with van der Waals surface area (Å²) in [4.78, 5) is 14.8. The van der Waals surface area contributed by atoms with Gasteiger partial charge in [-0.05, 0) is 30.6 Å². The molecule has 0 aromatic rings. The molecule has 0 radical (unpaired) electrons. The number of carbonyl (C=O) groups is 1. The summed E-state index contributed by atoms with van der Waals surface area (Å²) in [5.41, 5.74) is 0. The fourth-order valence-corrected chi connectivity index (χ4v) is 3.77. The van der Waals surface area contributed by atoms with E-state index in [1.807, 2.05) is 0 Å². The predicted molar refractivity (Wildman–Crippen MR) is 83.3 cm³/mol. The zero-order valence-corrected chi connectivity index (χ0v) is 13.7. The topological polar surface area (TPSA) is 32.3 Å². The Morgan fingerprint density at radius 1 is 1.20 bits per heavy atom. The lowest BCUT2D eigenvalue weighted by Crippen LogP contribution is -2.42. The molecule has 0 bridgehead atoms. The molecule has 2 atom stereocenters. The van der Waals surface area contributed by atoms with Gasteiger partial charge in [-0.25, -0.2) is 0 Å². The summed E-state index contributed by atoms with van der Waals surface area (Å²) in [5.74, 6) is 2.26. The first-order chi connectivity index (χ1) is 9.49. The van der Waals surface area contributed by atoms with E-state index in [1.54, 1.807) is 0 Å². The number of hydrogen-bond acceptors (Lipinski definition) is 2. The third-order valence-corrected chi connectivity index (χ3v) is 4.88. The number of hydrogen-bond donors (Lipinski definition) is 1. The lowest BCUT2D eigenvalue weighted by molar-refractivity contribution is -0.131. The van der Waals surface area contributed by atoms with Crippen LogP contribution >= 0.6 is 0 Å². The van der Waals surface area contributed by atoms with Crippen molar-refractivity contribution in [2.45, 2.75) is 78.4 Å². The van der Waals surface area contributed by atoms with Crippen molar-refractivity contribution in [3.63, 3.8) is 0 Å². The molecule has 1 N–H and O–H groups in total. The standard InChI is InChI=1S/C17H32N2O/c1-12(2)11-15-17(20)19(16(18-15)13(3)4)10-9-14-7-5-6-8-14/h12-16,18H,5-11H2,1-4H3. The highest BCUT2D eigenvalue weighted by molar-refractivity contribution is 5.84. The minimum atomic E-state index is 0.0472. The normalized spacial score (nSPS) is 28.3. The molecule has 3 heteroatoms. The second-order valence-electron chi connectivity index (χ2n) is 7.51. The van der Waals surface area contributed by atoms with E-state index in [0.29, 0.717) is 17.7 Å². The molecular formula is C17H32N2O. The van der Waals surface area contributed by atoms with E-state index in [1.165, 1.54) is 32.1 Å². The predicted octanol–water partition coefficient (Wildman–Crippen LogP) is 3.40. The maximum absolute atomic E-state index is 12.6. The van der Waals surface area contributed by atoms with Crippen LogP contribution in [0.5, 0.6) is 0 Å². The Morgan fingerprint density at radius 2 is 1.85 bits per heavy atom. The van der Waals surface area contributed by atoms with Gasteiger partial charge in [-0.2, -0.15) is 0 Å². The highest BCUT2D eigenvalue weighted by Gasteiger charge is 2.40. The second kappa shape index (κ2) is 6.93. The van der Waals surface area contributed by atoms with Crippen LogP contribution in [0.25, 0.3) is 0 Å². The lowest BCUT2D eigenvalue weighted by Gasteiger charge is -2.28. The van der Waals surface area contributed by atoms with E-state index in [9.17, 15) is 4.79 Å².